The summed E-state index contributed by atoms with van der Waals surface area (Å²) in [5.74, 6) is 1.36. The fourth-order valence-electron chi connectivity index (χ4n) is 2.24. The lowest BCUT2D eigenvalue weighted by Crippen LogP contribution is -1.86. The van der Waals surface area contributed by atoms with Gasteiger partial charge in [0.15, 0.2) is 17.6 Å². The van der Waals surface area contributed by atoms with Crippen LogP contribution < -0.4 is 4.74 Å². The molecule has 3 rings (SSSR count). The molecule has 0 radical (unpaired) electrons. The van der Waals surface area contributed by atoms with Gasteiger partial charge in [0.2, 0.25) is 0 Å². The predicted octanol–water partition coefficient (Wildman–Crippen LogP) is 4.23. The van der Waals surface area contributed by atoms with Gasteiger partial charge < -0.3 is 9.15 Å². The number of rotatable bonds is 3. The summed E-state index contributed by atoms with van der Waals surface area (Å²) in [6.07, 6.45) is 0.830. The standard InChI is InChI=1S/C17H14O3/c1-11-3-5-12(6-4-11)16-9-14-13(10-18)7-8-15(19-2)17(14)20-16/h3-10H,1-2H3. The Morgan fingerprint density at radius 3 is 2.50 bits per heavy atom. The van der Waals surface area contributed by atoms with Crippen molar-refractivity contribution in [3.8, 4) is 17.1 Å². The van der Waals surface area contributed by atoms with E-state index in [2.05, 4.69) is 0 Å². The van der Waals surface area contributed by atoms with E-state index in [1.165, 1.54) is 5.56 Å². The second kappa shape index (κ2) is 4.85. The molecule has 0 N–H and O–H groups in total. The molecule has 0 saturated carbocycles. The highest BCUT2D eigenvalue weighted by Crippen LogP contribution is 2.35. The summed E-state index contributed by atoms with van der Waals surface area (Å²) in [6, 6.07) is 13.4. The first-order chi connectivity index (χ1) is 9.72. The molecule has 20 heavy (non-hydrogen) atoms. The Labute approximate surface area is 116 Å². The quantitative estimate of drug-likeness (QED) is 0.666. The van der Waals surface area contributed by atoms with E-state index in [1.54, 1.807) is 19.2 Å². The molecule has 0 atom stereocenters. The summed E-state index contributed by atoms with van der Waals surface area (Å²) < 4.78 is 11.2. The first-order valence-corrected chi connectivity index (χ1v) is 6.35. The molecule has 2 aromatic carbocycles. The summed E-state index contributed by atoms with van der Waals surface area (Å²) in [5, 5.41) is 0.773. The Bertz CT molecular complexity index is 767. The average Bonchev–Trinajstić information content (AvgIpc) is 2.92. The number of hydrogen-bond donors (Lipinski definition) is 0. The number of methoxy groups -OCH3 is 1. The van der Waals surface area contributed by atoms with Gasteiger partial charge in [-0.3, -0.25) is 4.79 Å². The number of benzene rings is 2. The van der Waals surface area contributed by atoms with Crippen molar-refractivity contribution >= 4 is 17.3 Å². The molecule has 0 spiro atoms. The van der Waals surface area contributed by atoms with E-state index in [0.29, 0.717) is 16.9 Å². The third kappa shape index (κ3) is 1.97. The van der Waals surface area contributed by atoms with Crippen LogP contribution in [0.5, 0.6) is 5.75 Å². The molecule has 0 fully saturated rings. The number of carbonyl (C=O) groups is 1. The van der Waals surface area contributed by atoms with E-state index in [-0.39, 0.29) is 0 Å². The first kappa shape index (κ1) is 12.5. The third-order valence-corrected chi connectivity index (χ3v) is 3.36. The Kier molecular flexibility index (Phi) is 3.03. The SMILES string of the molecule is COc1ccc(C=O)c2cc(-c3ccc(C)cc3)oc12. The van der Waals surface area contributed by atoms with Crippen LogP contribution in [0, 0.1) is 6.92 Å². The number of aryl methyl sites for hydroxylation is 1. The Hall–Kier alpha value is -2.55. The summed E-state index contributed by atoms with van der Waals surface area (Å²) in [4.78, 5) is 11.1. The third-order valence-electron chi connectivity index (χ3n) is 3.36. The van der Waals surface area contributed by atoms with E-state index in [9.17, 15) is 4.79 Å². The van der Waals surface area contributed by atoms with E-state index < -0.39 is 0 Å². The molecule has 0 aliphatic carbocycles. The van der Waals surface area contributed by atoms with Gasteiger partial charge in [-0.15, -0.1) is 0 Å². The maximum Gasteiger partial charge on any atom is 0.177 e. The van der Waals surface area contributed by atoms with Crippen LogP contribution in [0.3, 0.4) is 0 Å². The minimum absolute atomic E-state index is 0.600. The molecule has 0 amide bonds. The summed E-state index contributed by atoms with van der Waals surface area (Å²) in [5.41, 5.74) is 3.37. The zero-order chi connectivity index (χ0) is 14.1. The van der Waals surface area contributed by atoms with Gasteiger partial charge in [0.25, 0.3) is 0 Å². The van der Waals surface area contributed by atoms with Crippen molar-refractivity contribution in [2.24, 2.45) is 0 Å². The van der Waals surface area contributed by atoms with E-state index in [1.807, 2.05) is 37.3 Å². The minimum Gasteiger partial charge on any atom is -0.493 e. The molecular weight excluding hydrogens is 252 g/mol. The van der Waals surface area contributed by atoms with Crippen LogP contribution in [0.25, 0.3) is 22.3 Å². The van der Waals surface area contributed by atoms with Crippen LogP contribution in [0.1, 0.15) is 15.9 Å². The summed E-state index contributed by atoms with van der Waals surface area (Å²) in [7, 11) is 1.59. The number of fused-ring (bicyclic) bond motifs is 1. The molecule has 3 aromatic rings. The minimum atomic E-state index is 0.600. The number of hydrogen-bond acceptors (Lipinski definition) is 3. The number of furan rings is 1. The van der Waals surface area contributed by atoms with E-state index in [4.69, 9.17) is 9.15 Å². The summed E-state index contributed by atoms with van der Waals surface area (Å²) in [6.45, 7) is 2.04. The lowest BCUT2D eigenvalue weighted by Gasteiger charge is -2.01. The highest BCUT2D eigenvalue weighted by Gasteiger charge is 2.13. The van der Waals surface area contributed by atoms with Crippen LogP contribution in [0.4, 0.5) is 0 Å². The van der Waals surface area contributed by atoms with E-state index >= 15 is 0 Å². The predicted molar refractivity (Wildman–Crippen MR) is 78.3 cm³/mol. The largest absolute Gasteiger partial charge is 0.493 e. The molecule has 3 heteroatoms. The first-order valence-electron chi connectivity index (χ1n) is 6.35. The van der Waals surface area contributed by atoms with Crippen LogP contribution in [0.2, 0.25) is 0 Å². The molecule has 0 unspecified atom stereocenters. The lowest BCUT2D eigenvalue weighted by molar-refractivity contribution is 0.112. The molecule has 0 aliphatic heterocycles. The topological polar surface area (TPSA) is 39.4 Å². The summed E-state index contributed by atoms with van der Waals surface area (Å²) >= 11 is 0. The zero-order valence-electron chi connectivity index (χ0n) is 11.3. The van der Waals surface area contributed by atoms with Crippen molar-refractivity contribution < 1.29 is 13.9 Å². The molecule has 0 bridgehead atoms. The lowest BCUT2D eigenvalue weighted by atomic mass is 10.1. The fourth-order valence-corrected chi connectivity index (χ4v) is 2.24. The number of ether oxygens (including phenoxy) is 1. The van der Waals surface area contributed by atoms with Crippen molar-refractivity contribution in [1.82, 2.24) is 0 Å². The van der Waals surface area contributed by atoms with Gasteiger partial charge in [-0.2, -0.15) is 0 Å². The molecule has 1 heterocycles. The molecule has 0 aliphatic rings. The number of carbonyl (C=O) groups excluding carboxylic acids is 1. The maximum atomic E-state index is 11.1. The van der Waals surface area contributed by atoms with Crippen LogP contribution >= 0.6 is 0 Å². The average molecular weight is 266 g/mol. The van der Waals surface area contributed by atoms with Crippen molar-refractivity contribution in [2.45, 2.75) is 6.92 Å². The van der Waals surface area contributed by atoms with Crippen molar-refractivity contribution in [3.63, 3.8) is 0 Å². The maximum absolute atomic E-state index is 11.1. The van der Waals surface area contributed by atoms with Crippen molar-refractivity contribution in [3.05, 3.63) is 53.6 Å². The van der Waals surface area contributed by atoms with Gasteiger partial charge in [0.05, 0.1) is 7.11 Å². The normalized spacial score (nSPS) is 10.7. The van der Waals surface area contributed by atoms with Gasteiger partial charge in [-0.1, -0.05) is 29.8 Å². The van der Waals surface area contributed by atoms with Gasteiger partial charge in [0, 0.05) is 16.5 Å². The Balaban J connectivity index is 2.23. The van der Waals surface area contributed by atoms with Gasteiger partial charge in [-0.25, -0.2) is 0 Å². The van der Waals surface area contributed by atoms with Crippen molar-refractivity contribution in [1.29, 1.82) is 0 Å². The van der Waals surface area contributed by atoms with Gasteiger partial charge in [-0.05, 0) is 25.1 Å². The fraction of sp³-hybridized carbons (Fsp3) is 0.118. The monoisotopic (exact) mass is 266 g/mol. The van der Waals surface area contributed by atoms with E-state index in [0.717, 1.165) is 23.0 Å². The Morgan fingerprint density at radius 1 is 1.10 bits per heavy atom. The number of aldehydes is 1. The molecule has 0 saturated heterocycles. The highest BCUT2D eigenvalue weighted by atomic mass is 16.5. The van der Waals surface area contributed by atoms with Crippen molar-refractivity contribution in [2.75, 3.05) is 7.11 Å². The highest BCUT2D eigenvalue weighted by molar-refractivity contribution is 6.00. The van der Waals surface area contributed by atoms with Gasteiger partial charge in [0.1, 0.15) is 5.76 Å². The van der Waals surface area contributed by atoms with Crippen LogP contribution in [-0.4, -0.2) is 13.4 Å². The second-order valence-electron chi connectivity index (χ2n) is 4.69. The van der Waals surface area contributed by atoms with Gasteiger partial charge >= 0.3 is 0 Å². The molecular formula is C17H14O3. The second-order valence-corrected chi connectivity index (χ2v) is 4.69. The Morgan fingerprint density at radius 2 is 1.85 bits per heavy atom. The van der Waals surface area contributed by atoms with Crippen LogP contribution in [0.15, 0.2) is 46.9 Å². The molecule has 100 valence electrons. The molecule has 3 nitrogen and oxygen atoms in total. The zero-order valence-corrected chi connectivity index (χ0v) is 11.3. The molecule has 1 aromatic heterocycles. The smallest absolute Gasteiger partial charge is 0.177 e. The van der Waals surface area contributed by atoms with Crippen LogP contribution in [-0.2, 0) is 0 Å².